The highest BCUT2D eigenvalue weighted by atomic mass is 19.1. The summed E-state index contributed by atoms with van der Waals surface area (Å²) in [5, 5.41) is 2.79. The van der Waals surface area contributed by atoms with Crippen molar-refractivity contribution in [2.24, 2.45) is 0 Å². The number of hydrogen-bond donors (Lipinski definition) is 1. The van der Waals surface area contributed by atoms with Crippen LogP contribution in [0, 0.1) is 5.82 Å². The minimum Gasteiger partial charge on any atom is -0.326 e. The van der Waals surface area contributed by atoms with Crippen LogP contribution in [0.4, 0.5) is 20.6 Å². The Labute approximate surface area is 168 Å². The lowest BCUT2D eigenvalue weighted by molar-refractivity contribution is -0.124. The minimum absolute atomic E-state index is 0.0494. The number of benzene rings is 2. The van der Waals surface area contributed by atoms with Crippen molar-refractivity contribution in [3.05, 3.63) is 59.9 Å². The highest BCUT2D eigenvalue weighted by Crippen LogP contribution is 2.36. The number of carbonyl (C=O) groups is 3. The zero-order chi connectivity index (χ0) is 20.5. The number of nitrogens with zero attached hydrogens (tertiary/aromatic N) is 2. The molecule has 0 bridgehead atoms. The van der Waals surface area contributed by atoms with Crippen LogP contribution in [0.5, 0.6) is 0 Å². The topological polar surface area (TPSA) is 69.7 Å². The van der Waals surface area contributed by atoms with Crippen molar-refractivity contribution < 1.29 is 18.8 Å². The Morgan fingerprint density at radius 3 is 2.48 bits per heavy atom. The largest absolute Gasteiger partial charge is 0.332 e. The highest BCUT2D eigenvalue weighted by Gasteiger charge is 2.52. The summed E-state index contributed by atoms with van der Waals surface area (Å²) in [6.45, 7) is 2.05. The number of nitrogens with one attached hydrogen (secondary N) is 1. The maximum atomic E-state index is 13.6. The monoisotopic (exact) mass is 395 g/mol. The van der Waals surface area contributed by atoms with E-state index in [1.54, 1.807) is 0 Å². The van der Waals surface area contributed by atoms with Crippen LogP contribution in [0.25, 0.3) is 0 Å². The summed E-state index contributed by atoms with van der Waals surface area (Å²) in [6.07, 6.45) is 2.36. The van der Waals surface area contributed by atoms with E-state index in [-0.39, 0.29) is 24.1 Å². The molecule has 1 N–H and O–H groups in total. The second kappa shape index (κ2) is 7.66. The van der Waals surface area contributed by atoms with Crippen molar-refractivity contribution in [2.75, 3.05) is 10.2 Å². The number of carbonyl (C=O) groups excluding carboxylic acids is 3. The van der Waals surface area contributed by atoms with Crippen molar-refractivity contribution in [2.45, 2.75) is 44.7 Å². The van der Waals surface area contributed by atoms with Gasteiger partial charge in [-0.05, 0) is 55.2 Å². The smallest absolute Gasteiger partial charge is 0.326 e. The Morgan fingerprint density at radius 1 is 1.14 bits per heavy atom. The van der Waals surface area contributed by atoms with Crippen molar-refractivity contribution in [3.8, 4) is 0 Å². The Bertz CT molecular complexity index is 956. The Balaban J connectivity index is 1.52. The van der Waals surface area contributed by atoms with E-state index in [2.05, 4.69) is 5.32 Å². The summed E-state index contributed by atoms with van der Waals surface area (Å²) in [5.74, 6) is -1.37. The Kier molecular flexibility index (Phi) is 5.05. The molecule has 1 aliphatic carbocycles. The lowest BCUT2D eigenvalue weighted by Crippen LogP contribution is -2.39. The van der Waals surface area contributed by atoms with Gasteiger partial charge in [0.15, 0.2) is 0 Å². The maximum Gasteiger partial charge on any atom is 0.332 e. The van der Waals surface area contributed by atoms with Gasteiger partial charge >= 0.3 is 6.03 Å². The molecule has 0 spiro atoms. The van der Waals surface area contributed by atoms with Crippen LogP contribution in [0.1, 0.15) is 31.7 Å². The van der Waals surface area contributed by atoms with E-state index >= 15 is 0 Å². The predicted molar refractivity (Wildman–Crippen MR) is 107 cm³/mol. The van der Waals surface area contributed by atoms with Gasteiger partial charge in [-0.25, -0.2) is 14.1 Å². The molecular weight excluding hydrogens is 373 g/mol. The molecule has 150 valence electrons. The van der Waals surface area contributed by atoms with Gasteiger partial charge < -0.3 is 10.2 Å². The number of aryl methyl sites for hydroxylation is 1. The fourth-order valence-electron chi connectivity index (χ4n) is 3.62. The minimum atomic E-state index is -0.881. The van der Waals surface area contributed by atoms with Crippen LogP contribution in [0.15, 0.2) is 48.5 Å². The molecule has 1 saturated carbocycles. The molecular formula is C22H22FN3O3. The summed E-state index contributed by atoms with van der Waals surface area (Å²) in [6, 6.07) is 11.4. The molecule has 2 aromatic rings. The number of hydrogen-bond acceptors (Lipinski definition) is 3. The molecule has 0 radical (unpaired) electrons. The third kappa shape index (κ3) is 3.85. The molecule has 2 aliphatic rings. The average Bonchev–Trinajstić information content (AvgIpc) is 3.50. The van der Waals surface area contributed by atoms with E-state index in [0.29, 0.717) is 5.69 Å². The average molecular weight is 395 g/mol. The normalized spacial score (nSPS) is 19.0. The van der Waals surface area contributed by atoms with Gasteiger partial charge in [-0.15, -0.1) is 0 Å². The van der Waals surface area contributed by atoms with E-state index in [1.165, 1.54) is 23.1 Å². The number of imide groups is 1. The molecule has 1 heterocycles. The third-order valence-electron chi connectivity index (χ3n) is 5.28. The quantitative estimate of drug-likeness (QED) is 0.758. The standard InChI is InChI=1S/C22H22FN3O3/c1-2-14-6-8-16(9-7-14)24-20(27)13-19-21(28)26(18-5-3-4-15(23)12-18)22(29)25(19)17-10-11-17/h3-9,12,17,19H,2,10-11,13H2,1H3,(H,24,27)/t19-/m1/s1. The molecule has 1 aliphatic heterocycles. The summed E-state index contributed by atoms with van der Waals surface area (Å²) < 4.78 is 13.6. The van der Waals surface area contributed by atoms with Crippen LogP contribution < -0.4 is 10.2 Å². The van der Waals surface area contributed by atoms with Crippen LogP contribution in [-0.2, 0) is 16.0 Å². The van der Waals surface area contributed by atoms with Gasteiger partial charge in [-0.1, -0.05) is 25.1 Å². The fraction of sp³-hybridized carbons (Fsp3) is 0.318. The predicted octanol–water partition coefficient (Wildman–Crippen LogP) is 3.72. The van der Waals surface area contributed by atoms with Gasteiger partial charge in [0.05, 0.1) is 12.1 Å². The lowest BCUT2D eigenvalue weighted by Gasteiger charge is -2.21. The first-order valence-electron chi connectivity index (χ1n) is 9.78. The second-order valence-electron chi connectivity index (χ2n) is 7.39. The molecule has 1 saturated heterocycles. The van der Waals surface area contributed by atoms with Crippen molar-refractivity contribution >= 4 is 29.2 Å². The number of halogens is 1. The van der Waals surface area contributed by atoms with Gasteiger partial charge in [-0.3, -0.25) is 9.59 Å². The van der Waals surface area contributed by atoms with Crippen molar-refractivity contribution in [1.29, 1.82) is 0 Å². The van der Waals surface area contributed by atoms with Crippen molar-refractivity contribution in [3.63, 3.8) is 0 Å². The molecule has 7 heteroatoms. The number of rotatable bonds is 6. The molecule has 2 fully saturated rings. The zero-order valence-electron chi connectivity index (χ0n) is 16.1. The van der Waals surface area contributed by atoms with Crippen LogP contribution in [-0.4, -0.2) is 34.8 Å². The van der Waals surface area contributed by atoms with E-state index in [1.807, 2.05) is 31.2 Å². The first kappa shape index (κ1) is 19.1. The number of amides is 4. The summed E-state index contributed by atoms with van der Waals surface area (Å²) in [5.41, 5.74) is 1.98. The first-order valence-corrected chi connectivity index (χ1v) is 9.78. The fourth-order valence-corrected chi connectivity index (χ4v) is 3.62. The van der Waals surface area contributed by atoms with E-state index in [0.717, 1.165) is 35.8 Å². The van der Waals surface area contributed by atoms with Gasteiger partial charge in [-0.2, -0.15) is 0 Å². The summed E-state index contributed by atoms with van der Waals surface area (Å²) in [4.78, 5) is 41.0. The molecule has 1 atom stereocenters. The molecule has 0 aromatic heterocycles. The Hall–Kier alpha value is -3.22. The Morgan fingerprint density at radius 2 is 1.86 bits per heavy atom. The van der Waals surface area contributed by atoms with Gasteiger partial charge in [0.1, 0.15) is 11.9 Å². The number of anilines is 2. The van der Waals surface area contributed by atoms with Crippen LogP contribution in [0.3, 0.4) is 0 Å². The molecule has 4 rings (SSSR count). The highest BCUT2D eigenvalue weighted by molar-refractivity contribution is 6.22. The molecule has 0 unspecified atom stereocenters. The lowest BCUT2D eigenvalue weighted by atomic mass is 10.1. The second-order valence-corrected chi connectivity index (χ2v) is 7.39. The third-order valence-corrected chi connectivity index (χ3v) is 5.28. The van der Waals surface area contributed by atoms with Gasteiger partial charge in [0, 0.05) is 11.7 Å². The molecule has 29 heavy (non-hydrogen) atoms. The van der Waals surface area contributed by atoms with Crippen LogP contribution >= 0.6 is 0 Å². The van der Waals surface area contributed by atoms with Gasteiger partial charge in [0.2, 0.25) is 5.91 Å². The first-order chi connectivity index (χ1) is 14.0. The number of urea groups is 1. The molecule has 6 nitrogen and oxygen atoms in total. The van der Waals surface area contributed by atoms with E-state index in [4.69, 9.17) is 0 Å². The van der Waals surface area contributed by atoms with Crippen molar-refractivity contribution in [1.82, 2.24) is 4.90 Å². The van der Waals surface area contributed by atoms with E-state index < -0.39 is 23.8 Å². The molecule has 2 aromatic carbocycles. The summed E-state index contributed by atoms with van der Waals surface area (Å²) >= 11 is 0. The maximum absolute atomic E-state index is 13.6. The molecule has 4 amide bonds. The summed E-state index contributed by atoms with van der Waals surface area (Å²) in [7, 11) is 0. The zero-order valence-corrected chi connectivity index (χ0v) is 16.1. The van der Waals surface area contributed by atoms with E-state index in [9.17, 15) is 18.8 Å². The van der Waals surface area contributed by atoms with Gasteiger partial charge in [0.25, 0.3) is 5.91 Å². The van der Waals surface area contributed by atoms with Crippen LogP contribution in [0.2, 0.25) is 0 Å². The SMILES string of the molecule is CCc1ccc(NC(=O)C[C@@H]2C(=O)N(c3cccc(F)c3)C(=O)N2C2CC2)cc1.